The monoisotopic (exact) mass is 386 g/mol. The van der Waals surface area contributed by atoms with E-state index in [1.165, 1.54) is 5.56 Å². The van der Waals surface area contributed by atoms with E-state index < -0.39 is 0 Å². The van der Waals surface area contributed by atoms with Crippen LogP contribution in [0.25, 0.3) is 22.5 Å². The van der Waals surface area contributed by atoms with Gasteiger partial charge in [0.25, 0.3) is 0 Å². The average Bonchev–Trinajstić information content (AvgIpc) is 3.13. The Bertz CT molecular complexity index is 1160. The second-order valence-electron chi connectivity index (χ2n) is 6.10. The van der Waals surface area contributed by atoms with Crippen molar-refractivity contribution in [1.29, 1.82) is 0 Å². The van der Waals surface area contributed by atoms with Gasteiger partial charge < -0.3 is 4.74 Å². The Labute approximate surface area is 167 Å². The first-order valence-electron chi connectivity index (χ1n) is 8.77. The third kappa shape index (κ3) is 3.63. The Morgan fingerprint density at radius 3 is 2.36 bits per heavy atom. The Kier molecular flexibility index (Phi) is 5.12. The van der Waals surface area contributed by atoms with Gasteiger partial charge in [0.1, 0.15) is 5.75 Å². The van der Waals surface area contributed by atoms with Gasteiger partial charge in [-0.2, -0.15) is 14.9 Å². The molecule has 6 heteroatoms. The zero-order valence-electron chi connectivity index (χ0n) is 15.2. The van der Waals surface area contributed by atoms with Crippen molar-refractivity contribution < 1.29 is 4.74 Å². The summed E-state index contributed by atoms with van der Waals surface area (Å²) in [7, 11) is 1.63. The molecule has 0 fully saturated rings. The lowest BCUT2D eigenvalue weighted by molar-refractivity contribution is 0.416. The highest BCUT2D eigenvalue weighted by Crippen LogP contribution is 2.28. The molecule has 138 valence electrons. The van der Waals surface area contributed by atoms with Crippen molar-refractivity contribution in [2.24, 2.45) is 5.10 Å². The zero-order chi connectivity index (χ0) is 19.3. The number of nitrogens with one attached hydrogen (secondary N) is 1. The molecule has 1 aromatic heterocycles. The first kappa shape index (κ1) is 17.9. The van der Waals surface area contributed by atoms with Gasteiger partial charge in [-0.05, 0) is 41.0 Å². The number of hydrogen-bond acceptors (Lipinski definition) is 4. The molecule has 1 N–H and O–H groups in total. The van der Waals surface area contributed by atoms with Gasteiger partial charge >= 0.3 is 0 Å². The molecule has 0 unspecified atom stereocenters. The molecule has 0 bridgehead atoms. The lowest BCUT2D eigenvalue weighted by Gasteiger charge is -2.07. The second kappa shape index (κ2) is 8.02. The van der Waals surface area contributed by atoms with Gasteiger partial charge in [0.15, 0.2) is 5.82 Å². The summed E-state index contributed by atoms with van der Waals surface area (Å²) < 4.78 is 7.44. The number of aromatic nitrogens is 3. The highest BCUT2D eigenvalue weighted by molar-refractivity contribution is 7.71. The fourth-order valence-electron chi connectivity index (χ4n) is 2.92. The van der Waals surface area contributed by atoms with Crippen LogP contribution in [0.5, 0.6) is 5.75 Å². The smallest absolute Gasteiger partial charge is 0.216 e. The van der Waals surface area contributed by atoms with Gasteiger partial charge in [0, 0.05) is 0 Å². The SMILES string of the molecule is COc1ccccc1-c1n[nH]c(=S)n1/N=C\c1ccc(-c2ccccc2)cc1. The number of ether oxygens (including phenoxy) is 1. The first-order valence-corrected chi connectivity index (χ1v) is 9.18. The lowest BCUT2D eigenvalue weighted by atomic mass is 10.0. The van der Waals surface area contributed by atoms with Gasteiger partial charge in [-0.1, -0.05) is 66.7 Å². The minimum atomic E-state index is 0.415. The molecule has 0 amide bonds. The van der Waals surface area contributed by atoms with E-state index >= 15 is 0 Å². The maximum Gasteiger partial charge on any atom is 0.216 e. The van der Waals surface area contributed by atoms with E-state index in [0.29, 0.717) is 16.3 Å². The molecule has 0 radical (unpaired) electrons. The maximum absolute atomic E-state index is 5.43. The van der Waals surface area contributed by atoms with E-state index in [4.69, 9.17) is 17.0 Å². The van der Waals surface area contributed by atoms with E-state index in [1.807, 2.05) is 54.6 Å². The van der Waals surface area contributed by atoms with Crippen LogP contribution in [0.15, 0.2) is 84.0 Å². The largest absolute Gasteiger partial charge is 0.496 e. The number of methoxy groups -OCH3 is 1. The molecular weight excluding hydrogens is 368 g/mol. The molecular formula is C22H18N4OS. The van der Waals surface area contributed by atoms with Crippen molar-refractivity contribution in [3.63, 3.8) is 0 Å². The summed E-state index contributed by atoms with van der Waals surface area (Å²) in [6, 6.07) is 26.1. The molecule has 28 heavy (non-hydrogen) atoms. The zero-order valence-corrected chi connectivity index (χ0v) is 16.1. The summed E-state index contributed by atoms with van der Waals surface area (Å²) in [6.07, 6.45) is 1.76. The Balaban J connectivity index is 1.64. The highest BCUT2D eigenvalue weighted by atomic mass is 32.1. The van der Waals surface area contributed by atoms with E-state index in [0.717, 1.165) is 16.7 Å². The summed E-state index contributed by atoms with van der Waals surface area (Å²) in [5.74, 6) is 1.31. The van der Waals surface area contributed by atoms with E-state index in [-0.39, 0.29) is 0 Å². The minimum absolute atomic E-state index is 0.415. The van der Waals surface area contributed by atoms with Crippen molar-refractivity contribution in [2.45, 2.75) is 0 Å². The van der Waals surface area contributed by atoms with Gasteiger partial charge in [0.2, 0.25) is 4.77 Å². The predicted octanol–water partition coefficient (Wildman–Crippen LogP) is 5.17. The summed E-state index contributed by atoms with van der Waals surface area (Å²) in [5, 5.41) is 11.6. The van der Waals surface area contributed by atoms with Crippen LogP contribution in [-0.2, 0) is 0 Å². The first-order chi connectivity index (χ1) is 13.8. The predicted molar refractivity (Wildman–Crippen MR) is 114 cm³/mol. The van der Waals surface area contributed by atoms with Crippen molar-refractivity contribution in [1.82, 2.24) is 14.9 Å². The highest BCUT2D eigenvalue weighted by Gasteiger charge is 2.12. The molecule has 5 nitrogen and oxygen atoms in total. The number of hydrogen-bond donors (Lipinski definition) is 1. The molecule has 4 aromatic rings. The second-order valence-corrected chi connectivity index (χ2v) is 6.48. The van der Waals surface area contributed by atoms with Gasteiger partial charge in [-0.3, -0.25) is 0 Å². The number of benzene rings is 3. The lowest BCUT2D eigenvalue weighted by Crippen LogP contribution is -1.97. The molecule has 0 atom stereocenters. The maximum atomic E-state index is 5.43. The van der Waals surface area contributed by atoms with Crippen LogP contribution in [0.3, 0.4) is 0 Å². The van der Waals surface area contributed by atoms with Gasteiger partial charge in [-0.15, -0.1) is 0 Å². The third-order valence-corrected chi connectivity index (χ3v) is 4.60. The van der Waals surface area contributed by atoms with Crippen LogP contribution in [0.2, 0.25) is 0 Å². The summed E-state index contributed by atoms with van der Waals surface area (Å²) in [5.41, 5.74) is 4.12. The molecule has 0 saturated heterocycles. The third-order valence-electron chi connectivity index (χ3n) is 4.34. The topological polar surface area (TPSA) is 55.2 Å². The fourth-order valence-corrected chi connectivity index (χ4v) is 3.10. The molecule has 0 aliphatic rings. The molecule has 0 aliphatic carbocycles. The van der Waals surface area contributed by atoms with Gasteiger partial charge in [-0.25, -0.2) is 5.10 Å². The standard InChI is InChI=1S/C22H18N4OS/c1-27-20-10-6-5-9-19(20)21-24-25-22(28)26(21)23-15-16-11-13-18(14-12-16)17-7-3-2-4-8-17/h2-15H,1H3,(H,25,28)/b23-15-. The molecule has 3 aromatic carbocycles. The fraction of sp³-hybridized carbons (Fsp3) is 0.0455. The number of para-hydroxylation sites is 1. The molecule has 1 heterocycles. The number of nitrogens with zero attached hydrogens (tertiary/aromatic N) is 3. The normalized spacial score (nSPS) is 11.0. The van der Waals surface area contributed by atoms with Crippen molar-refractivity contribution in [3.8, 4) is 28.3 Å². The van der Waals surface area contributed by atoms with Crippen molar-refractivity contribution in [3.05, 3.63) is 89.2 Å². The van der Waals surface area contributed by atoms with E-state index in [9.17, 15) is 0 Å². The quantitative estimate of drug-likeness (QED) is 0.380. The number of aromatic amines is 1. The summed E-state index contributed by atoms with van der Waals surface area (Å²) in [4.78, 5) is 0. The number of rotatable bonds is 5. The number of H-pyrrole nitrogens is 1. The molecule has 0 aliphatic heterocycles. The molecule has 0 spiro atoms. The van der Waals surface area contributed by atoms with Crippen LogP contribution in [0, 0.1) is 4.77 Å². The van der Waals surface area contributed by atoms with Crippen LogP contribution >= 0.6 is 12.2 Å². The van der Waals surface area contributed by atoms with Crippen LogP contribution in [0.1, 0.15) is 5.56 Å². The van der Waals surface area contributed by atoms with Gasteiger partial charge in [0.05, 0.1) is 18.9 Å². The van der Waals surface area contributed by atoms with E-state index in [2.05, 4.69) is 39.6 Å². The van der Waals surface area contributed by atoms with Crippen molar-refractivity contribution in [2.75, 3.05) is 7.11 Å². The Morgan fingerprint density at radius 2 is 1.61 bits per heavy atom. The average molecular weight is 386 g/mol. The summed E-state index contributed by atoms with van der Waals surface area (Å²) in [6.45, 7) is 0. The Morgan fingerprint density at radius 1 is 0.929 bits per heavy atom. The molecule has 4 rings (SSSR count). The Hall–Kier alpha value is -3.51. The van der Waals surface area contributed by atoms with E-state index in [1.54, 1.807) is 18.0 Å². The van der Waals surface area contributed by atoms with Crippen molar-refractivity contribution >= 4 is 18.4 Å². The minimum Gasteiger partial charge on any atom is -0.496 e. The van der Waals surface area contributed by atoms with Crippen LogP contribution < -0.4 is 4.74 Å². The molecule has 0 saturated carbocycles. The van der Waals surface area contributed by atoms with Crippen LogP contribution in [0.4, 0.5) is 0 Å². The van der Waals surface area contributed by atoms with Crippen LogP contribution in [-0.4, -0.2) is 28.2 Å². The summed E-state index contributed by atoms with van der Waals surface area (Å²) >= 11 is 5.34.